The van der Waals surface area contributed by atoms with Crippen LogP contribution in [0.4, 0.5) is 0 Å². The van der Waals surface area contributed by atoms with Crippen LogP contribution in [0.1, 0.15) is 19.3 Å². The number of amides is 1. The highest BCUT2D eigenvalue weighted by Crippen LogP contribution is 2.58. The standard InChI is InChI=1S/C13H24N2O3/c1-17-8-9-18-7-6-15-12(16)11-10-13(11)2-4-14-5-3-13/h11,14H,2-10H2,1H3,(H,15,16). The molecule has 0 radical (unpaired) electrons. The maximum atomic E-state index is 12.0. The molecule has 1 heterocycles. The van der Waals surface area contributed by atoms with Crippen LogP contribution >= 0.6 is 0 Å². The Labute approximate surface area is 109 Å². The van der Waals surface area contributed by atoms with Crippen molar-refractivity contribution in [1.29, 1.82) is 0 Å². The fourth-order valence-electron chi connectivity index (χ4n) is 2.81. The van der Waals surface area contributed by atoms with Crippen LogP contribution in [0.25, 0.3) is 0 Å². The predicted octanol–water partition coefficient (Wildman–Crippen LogP) is 0.155. The Hall–Kier alpha value is -0.650. The van der Waals surface area contributed by atoms with Crippen LogP contribution in [0, 0.1) is 11.3 Å². The molecule has 1 saturated heterocycles. The molecule has 104 valence electrons. The fraction of sp³-hybridized carbons (Fsp3) is 0.923. The maximum absolute atomic E-state index is 12.0. The van der Waals surface area contributed by atoms with Gasteiger partial charge < -0.3 is 20.1 Å². The molecule has 0 aromatic heterocycles. The van der Waals surface area contributed by atoms with E-state index in [1.165, 1.54) is 0 Å². The normalized spacial score (nSPS) is 25.1. The topological polar surface area (TPSA) is 59.6 Å². The predicted molar refractivity (Wildman–Crippen MR) is 68.3 cm³/mol. The van der Waals surface area contributed by atoms with E-state index in [4.69, 9.17) is 9.47 Å². The van der Waals surface area contributed by atoms with Crippen LogP contribution in [0.2, 0.25) is 0 Å². The SMILES string of the molecule is COCCOCCNC(=O)C1CC12CCNCC2. The molecular formula is C13H24N2O3. The average molecular weight is 256 g/mol. The first-order valence-electron chi connectivity index (χ1n) is 6.84. The smallest absolute Gasteiger partial charge is 0.223 e. The van der Waals surface area contributed by atoms with Gasteiger partial charge in [-0.3, -0.25) is 4.79 Å². The molecule has 0 aromatic rings. The lowest BCUT2D eigenvalue weighted by atomic mass is 9.92. The van der Waals surface area contributed by atoms with Gasteiger partial charge in [0.25, 0.3) is 0 Å². The second kappa shape index (κ2) is 6.50. The number of hydrogen-bond acceptors (Lipinski definition) is 4. The Bertz CT molecular complexity index is 277. The number of piperidine rings is 1. The van der Waals surface area contributed by atoms with Gasteiger partial charge in [-0.25, -0.2) is 0 Å². The molecule has 1 unspecified atom stereocenters. The third kappa shape index (κ3) is 3.43. The van der Waals surface area contributed by atoms with Gasteiger partial charge in [0, 0.05) is 19.6 Å². The summed E-state index contributed by atoms with van der Waals surface area (Å²) < 4.78 is 10.2. The van der Waals surface area contributed by atoms with Crippen molar-refractivity contribution in [2.45, 2.75) is 19.3 Å². The Morgan fingerprint density at radius 2 is 2.11 bits per heavy atom. The molecule has 2 rings (SSSR count). The molecule has 1 saturated carbocycles. The molecule has 0 aromatic carbocycles. The van der Waals surface area contributed by atoms with Crippen LogP contribution in [0.5, 0.6) is 0 Å². The molecule has 18 heavy (non-hydrogen) atoms. The molecule has 5 heteroatoms. The summed E-state index contributed by atoms with van der Waals surface area (Å²) in [5.41, 5.74) is 0.326. The Balaban J connectivity index is 1.56. The minimum Gasteiger partial charge on any atom is -0.382 e. The van der Waals surface area contributed by atoms with Crippen LogP contribution in [-0.2, 0) is 14.3 Å². The largest absolute Gasteiger partial charge is 0.382 e. The van der Waals surface area contributed by atoms with E-state index in [9.17, 15) is 4.79 Å². The van der Waals surface area contributed by atoms with E-state index < -0.39 is 0 Å². The first-order valence-corrected chi connectivity index (χ1v) is 6.84. The lowest BCUT2D eigenvalue weighted by Crippen LogP contribution is -2.34. The van der Waals surface area contributed by atoms with Gasteiger partial charge >= 0.3 is 0 Å². The number of methoxy groups -OCH3 is 1. The monoisotopic (exact) mass is 256 g/mol. The third-order valence-electron chi connectivity index (χ3n) is 4.08. The zero-order valence-corrected chi connectivity index (χ0v) is 11.2. The van der Waals surface area contributed by atoms with Crippen molar-refractivity contribution in [2.24, 2.45) is 11.3 Å². The van der Waals surface area contributed by atoms with Crippen LogP contribution in [-0.4, -0.2) is 52.5 Å². The molecule has 1 aliphatic carbocycles. The van der Waals surface area contributed by atoms with Crippen molar-refractivity contribution in [3.63, 3.8) is 0 Å². The quantitative estimate of drug-likeness (QED) is 0.637. The minimum atomic E-state index is 0.215. The van der Waals surface area contributed by atoms with Crippen molar-refractivity contribution in [3.05, 3.63) is 0 Å². The van der Waals surface area contributed by atoms with Gasteiger partial charge in [-0.05, 0) is 37.8 Å². The third-order valence-corrected chi connectivity index (χ3v) is 4.08. The number of nitrogens with one attached hydrogen (secondary N) is 2. The van der Waals surface area contributed by atoms with E-state index in [1.54, 1.807) is 7.11 Å². The van der Waals surface area contributed by atoms with Crippen LogP contribution in [0.15, 0.2) is 0 Å². The summed E-state index contributed by atoms with van der Waals surface area (Å²) in [7, 11) is 1.65. The van der Waals surface area contributed by atoms with Gasteiger partial charge in [0.05, 0.1) is 19.8 Å². The number of rotatable bonds is 7. The first kappa shape index (κ1) is 13.8. The van der Waals surface area contributed by atoms with Gasteiger partial charge in [-0.15, -0.1) is 0 Å². The Morgan fingerprint density at radius 3 is 2.83 bits per heavy atom. The highest BCUT2D eigenvalue weighted by atomic mass is 16.5. The summed E-state index contributed by atoms with van der Waals surface area (Å²) in [5, 5.41) is 6.32. The molecule has 1 aliphatic heterocycles. The summed E-state index contributed by atoms with van der Waals surface area (Å²) in [6, 6.07) is 0. The van der Waals surface area contributed by atoms with Gasteiger partial charge in [-0.1, -0.05) is 0 Å². The summed E-state index contributed by atoms with van der Waals surface area (Å²) in [4.78, 5) is 12.0. The highest BCUT2D eigenvalue weighted by molar-refractivity contribution is 5.82. The summed E-state index contributed by atoms with van der Waals surface area (Å²) in [5.74, 6) is 0.464. The van der Waals surface area contributed by atoms with E-state index in [2.05, 4.69) is 10.6 Å². The molecule has 1 amide bonds. The van der Waals surface area contributed by atoms with Crippen molar-refractivity contribution in [2.75, 3.05) is 46.6 Å². The minimum absolute atomic E-state index is 0.215. The fourth-order valence-corrected chi connectivity index (χ4v) is 2.81. The molecule has 1 atom stereocenters. The first-order chi connectivity index (χ1) is 8.78. The summed E-state index contributed by atoms with van der Waals surface area (Å²) in [6.45, 7) is 4.48. The Kier molecular flexibility index (Phi) is 4.97. The van der Waals surface area contributed by atoms with E-state index in [-0.39, 0.29) is 11.8 Å². The van der Waals surface area contributed by atoms with Crippen LogP contribution in [0.3, 0.4) is 0 Å². The Morgan fingerprint density at radius 1 is 1.33 bits per heavy atom. The van der Waals surface area contributed by atoms with Crippen molar-refractivity contribution >= 4 is 5.91 Å². The van der Waals surface area contributed by atoms with Gasteiger partial charge in [0.15, 0.2) is 0 Å². The summed E-state index contributed by atoms with van der Waals surface area (Å²) >= 11 is 0. The highest BCUT2D eigenvalue weighted by Gasteiger charge is 2.57. The molecule has 0 bridgehead atoms. The number of ether oxygens (including phenoxy) is 2. The summed E-state index contributed by atoms with van der Waals surface area (Å²) in [6.07, 6.45) is 3.37. The van der Waals surface area contributed by atoms with Crippen molar-refractivity contribution < 1.29 is 14.3 Å². The molecule has 1 spiro atoms. The van der Waals surface area contributed by atoms with Crippen LogP contribution < -0.4 is 10.6 Å². The van der Waals surface area contributed by atoms with Gasteiger partial charge in [-0.2, -0.15) is 0 Å². The van der Waals surface area contributed by atoms with Gasteiger partial charge in [0.1, 0.15) is 0 Å². The molecule has 5 nitrogen and oxygen atoms in total. The number of carbonyl (C=O) groups excluding carboxylic acids is 1. The second-order valence-electron chi connectivity index (χ2n) is 5.27. The molecular weight excluding hydrogens is 232 g/mol. The molecule has 2 aliphatic rings. The number of hydrogen-bond donors (Lipinski definition) is 2. The van der Waals surface area contributed by atoms with E-state index in [0.717, 1.165) is 32.4 Å². The average Bonchev–Trinajstić information content (AvgIpc) is 3.08. The number of carbonyl (C=O) groups is 1. The van der Waals surface area contributed by atoms with E-state index in [0.29, 0.717) is 31.8 Å². The van der Waals surface area contributed by atoms with Gasteiger partial charge in [0.2, 0.25) is 5.91 Å². The van der Waals surface area contributed by atoms with E-state index in [1.807, 2.05) is 0 Å². The molecule has 2 fully saturated rings. The molecule has 2 N–H and O–H groups in total. The lowest BCUT2D eigenvalue weighted by Gasteiger charge is -2.23. The maximum Gasteiger partial charge on any atom is 0.223 e. The second-order valence-corrected chi connectivity index (χ2v) is 5.27. The van der Waals surface area contributed by atoms with E-state index >= 15 is 0 Å². The lowest BCUT2D eigenvalue weighted by molar-refractivity contribution is -0.123. The zero-order valence-electron chi connectivity index (χ0n) is 11.2. The zero-order chi connectivity index (χ0) is 12.8. The van der Waals surface area contributed by atoms with Crippen molar-refractivity contribution in [3.8, 4) is 0 Å². The van der Waals surface area contributed by atoms with Crippen molar-refractivity contribution in [1.82, 2.24) is 10.6 Å².